The number of likely N-dealkylation sites (tertiary alicyclic amines) is 1. The van der Waals surface area contributed by atoms with Crippen molar-refractivity contribution in [3.63, 3.8) is 0 Å². The van der Waals surface area contributed by atoms with Crippen LogP contribution in [0.1, 0.15) is 42.5 Å². The average Bonchev–Trinajstić information content (AvgIpc) is 3.15. The SMILES string of the molecule is CC(c1cccc(-c2ccc(CN(C)C)cc2CO)c1)N1CCCC1. The zero-order valence-corrected chi connectivity index (χ0v) is 15.7. The molecule has 0 aliphatic carbocycles. The lowest BCUT2D eigenvalue weighted by atomic mass is 9.95. The first-order valence-electron chi connectivity index (χ1n) is 9.30. The molecule has 1 aliphatic rings. The maximum atomic E-state index is 9.87. The Morgan fingerprint density at radius 3 is 2.52 bits per heavy atom. The molecule has 0 amide bonds. The largest absolute Gasteiger partial charge is 0.392 e. The predicted molar refractivity (Wildman–Crippen MR) is 104 cm³/mol. The summed E-state index contributed by atoms with van der Waals surface area (Å²) in [5.41, 5.74) is 5.94. The lowest BCUT2D eigenvalue weighted by Gasteiger charge is -2.24. The van der Waals surface area contributed by atoms with Gasteiger partial charge in [0.15, 0.2) is 0 Å². The van der Waals surface area contributed by atoms with Gasteiger partial charge in [0, 0.05) is 12.6 Å². The maximum absolute atomic E-state index is 9.87. The van der Waals surface area contributed by atoms with E-state index in [0.29, 0.717) is 6.04 Å². The van der Waals surface area contributed by atoms with Crippen LogP contribution in [0.3, 0.4) is 0 Å². The van der Waals surface area contributed by atoms with E-state index in [0.717, 1.165) is 17.7 Å². The van der Waals surface area contributed by atoms with Crippen molar-refractivity contribution in [1.82, 2.24) is 9.80 Å². The molecule has 2 aromatic rings. The highest BCUT2D eigenvalue weighted by Gasteiger charge is 2.19. The topological polar surface area (TPSA) is 26.7 Å². The Balaban J connectivity index is 1.89. The number of aliphatic hydroxyl groups excluding tert-OH is 1. The molecule has 1 saturated heterocycles. The summed E-state index contributed by atoms with van der Waals surface area (Å²) in [6.45, 7) is 5.67. The predicted octanol–water partition coefficient (Wildman–Crippen LogP) is 4.06. The fraction of sp³-hybridized carbons (Fsp3) is 0.455. The molecule has 3 nitrogen and oxygen atoms in total. The Morgan fingerprint density at radius 1 is 1.08 bits per heavy atom. The van der Waals surface area contributed by atoms with E-state index in [4.69, 9.17) is 0 Å². The summed E-state index contributed by atoms with van der Waals surface area (Å²) in [6, 6.07) is 15.7. The Hall–Kier alpha value is -1.68. The fourth-order valence-corrected chi connectivity index (χ4v) is 3.83. The summed E-state index contributed by atoms with van der Waals surface area (Å²) in [5, 5.41) is 9.87. The first kappa shape index (κ1) is 18.1. The van der Waals surface area contributed by atoms with Crippen LogP contribution < -0.4 is 0 Å². The molecule has 0 saturated carbocycles. The molecular formula is C22H30N2O. The molecule has 0 spiro atoms. The van der Waals surface area contributed by atoms with Crippen LogP contribution in [0.4, 0.5) is 0 Å². The molecule has 1 aliphatic heterocycles. The summed E-state index contributed by atoms with van der Waals surface area (Å²) in [6.07, 6.45) is 2.62. The molecule has 1 fully saturated rings. The summed E-state index contributed by atoms with van der Waals surface area (Å²) >= 11 is 0. The van der Waals surface area contributed by atoms with Crippen LogP contribution in [0.15, 0.2) is 42.5 Å². The van der Waals surface area contributed by atoms with Crippen LogP contribution in [0.25, 0.3) is 11.1 Å². The molecule has 0 aromatic heterocycles. The molecule has 3 rings (SSSR count). The van der Waals surface area contributed by atoms with Crippen molar-refractivity contribution in [3.8, 4) is 11.1 Å². The molecule has 25 heavy (non-hydrogen) atoms. The van der Waals surface area contributed by atoms with Crippen molar-refractivity contribution in [2.75, 3.05) is 27.2 Å². The van der Waals surface area contributed by atoms with Crippen LogP contribution in [0, 0.1) is 0 Å². The van der Waals surface area contributed by atoms with Crippen LogP contribution in [-0.4, -0.2) is 42.1 Å². The molecule has 1 atom stereocenters. The van der Waals surface area contributed by atoms with Crippen molar-refractivity contribution >= 4 is 0 Å². The zero-order chi connectivity index (χ0) is 17.8. The lowest BCUT2D eigenvalue weighted by Crippen LogP contribution is -2.23. The van der Waals surface area contributed by atoms with Crippen molar-refractivity contribution in [1.29, 1.82) is 0 Å². The highest BCUT2D eigenvalue weighted by Crippen LogP contribution is 2.30. The van der Waals surface area contributed by atoms with Gasteiger partial charge in [0.25, 0.3) is 0 Å². The smallest absolute Gasteiger partial charge is 0.0687 e. The first-order chi connectivity index (χ1) is 12.1. The van der Waals surface area contributed by atoms with Crippen LogP contribution in [0.2, 0.25) is 0 Å². The second kappa shape index (κ2) is 8.13. The summed E-state index contributed by atoms with van der Waals surface area (Å²) in [7, 11) is 4.13. The first-order valence-corrected chi connectivity index (χ1v) is 9.30. The highest BCUT2D eigenvalue weighted by molar-refractivity contribution is 5.68. The molecule has 1 unspecified atom stereocenters. The van der Waals surface area contributed by atoms with Gasteiger partial charge in [-0.25, -0.2) is 0 Å². The monoisotopic (exact) mass is 338 g/mol. The number of nitrogens with zero attached hydrogens (tertiary/aromatic N) is 2. The van der Waals surface area contributed by atoms with E-state index in [2.05, 4.69) is 73.3 Å². The van der Waals surface area contributed by atoms with Crippen LogP contribution in [0.5, 0.6) is 0 Å². The van der Waals surface area contributed by atoms with E-state index in [1.165, 1.54) is 42.6 Å². The summed E-state index contributed by atoms with van der Waals surface area (Å²) in [4.78, 5) is 4.71. The zero-order valence-electron chi connectivity index (χ0n) is 15.7. The minimum absolute atomic E-state index is 0.0719. The van der Waals surface area contributed by atoms with Gasteiger partial charge in [0.1, 0.15) is 0 Å². The summed E-state index contributed by atoms with van der Waals surface area (Å²) < 4.78 is 0. The van der Waals surface area contributed by atoms with Gasteiger partial charge in [-0.15, -0.1) is 0 Å². The molecule has 1 heterocycles. The molecule has 0 bridgehead atoms. The minimum atomic E-state index is 0.0719. The van der Waals surface area contributed by atoms with E-state index < -0.39 is 0 Å². The average molecular weight is 338 g/mol. The summed E-state index contributed by atoms with van der Waals surface area (Å²) in [5.74, 6) is 0. The number of benzene rings is 2. The number of hydrogen-bond donors (Lipinski definition) is 1. The lowest BCUT2D eigenvalue weighted by molar-refractivity contribution is 0.263. The second-order valence-corrected chi connectivity index (χ2v) is 7.43. The van der Waals surface area contributed by atoms with Gasteiger partial charge in [-0.1, -0.05) is 36.4 Å². The van der Waals surface area contributed by atoms with E-state index in [9.17, 15) is 5.11 Å². The molecule has 1 N–H and O–H groups in total. The maximum Gasteiger partial charge on any atom is 0.0687 e. The van der Waals surface area contributed by atoms with E-state index in [-0.39, 0.29) is 6.61 Å². The molecule has 134 valence electrons. The quantitative estimate of drug-likeness (QED) is 0.860. The van der Waals surface area contributed by atoms with E-state index in [1.54, 1.807) is 0 Å². The number of aliphatic hydroxyl groups is 1. The van der Waals surface area contributed by atoms with Gasteiger partial charge in [0.2, 0.25) is 0 Å². The minimum Gasteiger partial charge on any atom is -0.392 e. The van der Waals surface area contributed by atoms with Gasteiger partial charge >= 0.3 is 0 Å². The standard InChI is InChI=1S/C22H30N2O/c1-17(24-11-4-5-12-24)19-7-6-8-20(14-19)22-10-9-18(15-23(2)3)13-21(22)16-25/h6-10,13-14,17,25H,4-5,11-12,15-16H2,1-3H3. The van der Waals surface area contributed by atoms with E-state index >= 15 is 0 Å². The second-order valence-electron chi connectivity index (χ2n) is 7.43. The Labute approximate surface area is 151 Å². The number of hydrogen-bond acceptors (Lipinski definition) is 3. The fourth-order valence-electron chi connectivity index (χ4n) is 3.83. The molecule has 0 radical (unpaired) electrons. The van der Waals surface area contributed by atoms with E-state index in [1.807, 2.05) is 0 Å². The van der Waals surface area contributed by atoms with Gasteiger partial charge in [0.05, 0.1) is 6.61 Å². The Bertz CT molecular complexity index is 705. The third-order valence-electron chi connectivity index (χ3n) is 5.21. The van der Waals surface area contributed by atoms with Gasteiger partial charge < -0.3 is 10.0 Å². The molecule has 2 aromatic carbocycles. The third-order valence-corrected chi connectivity index (χ3v) is 5.21. The molecule has 3 heteroatoms. The molecular weight excluding hydrogens is 308 g/mol. The van der Waals surface area contributed by atoms with Crippen molar-refractivity contribution in [2.45, 2.75) is 39.0 Å². The van der Waals surface area contributed by atoms with Crippen molar-refractivity contribution in [2.24, 2.45) is 0 Å². The normalized spacial score (nSPS) is 16.5. The highest BCUT2D eigenvalue weighted by atomic mass is 16.3. The third kappa shape index (κ3) is 4.30. The van der Waals surface area contributed by atoms with Crippen LogP contribution in [-0.2, 0) is 13.2 Å². The van der Waals surface area contributed by atoms with Crippen LogP contribution >= 0.6 is 0 Å². The van der Waals surface area contributed by atoms with Gasteiger partial charge in [-0.2, -0.15) is 0 Å². The van der Waals surface area contributed by atoms with Gasteiger partial charge in [-0.3, -0.25) is 4.90 Å². The Morgan fingerprint density at radius 2 is 1.84 bits per heavy atom. The van der Waals surface area contributed by atoms with Crippen molar-refractivity contribution < 1.29 is 5.11 Å². The number of rotatable bonds is 6. The van der Waals surface area contributed by atoms with Gasteiger partial charge in [-0.05, 0) is 80.8 Å². The Kier molecular flexibility index (Phi) is 5.89. The van der Waals surface area contributed by atoms with Crippen molar-refractivity contribution in [3.05, 3.63) is 59.2 Å².